The van der Waals surface area contributed by atoms with Crippen molar-refractivity contribution in [2.75, 3.05) is 12.4 Å². The lowest BCUT2D eigenvalue weighted by atomic mass is 9.95. The van der Waals surface area contributed by atoms with Gasteiger partial charge in [-0.25, -0.2) is 4.99 Å². The van der Waals surface area contributed by atoms with Crippen LogP contribution in [0.1, 0.15) is 24.1 Å². The third-order valence-corrected chi connectivity index (χ3v) is 7.78. The number of methoxy groups -OCH3 is 1. The summed E-state index contributed by atoms with van der Waals surface area (Å²) in [5, 5.41) is 13.6. The van der Waals surface area contributed by atoms with E-state index >= 15 is 0 Å². The van der Waals surface area contributed by atoms with Crippen molar-refractivity contribution in [3.8, 4) is 11.5 Å². The molecule has 0 spiro atoms. The number of hydrogen-bond acceptors (Lipinski definition) is 6. The van der Waals surface area contributed by atoms with Crippen LogP contribution in [0.4, 0.5) is 5.69 Å². The van der Waals surface area contributed by atoms with Crippen molar-refractivity contribution in [2.24, 2.45) is 4.99 Å². The summed E-state index contributed by atoms with van der Waals surface area (Å²) in [5.41, 5.74) is 2.18. The monoisotopic (exact) mass is 609 g/mol. The number of amides is 1. The van der Waals surface area contributed by atoms with E-state index in [1.165, 1.54) is 15.9 Å². The Morgan fingerprint density at radius 1 is 1.18 bits per heavy atom. The highest BCUT2D eigenvalue weighted by atomic mass is 79.9. The summed E-state index contributed by atoms with van der Waals surface area (Å²) in [4.78, 5) is 32.5. The summed E-state index contributed by atoms with van der Waals surface area (Å²) >= 11 is 10.7. The molecule has 0 unspecified atom stereocenters. The van der Waals surface area contributed by atoms with Gasteiger partial charge in [0.05, 0.1) is 34.0 Å². The number of carbonyl (C=O) groups is 1. The molecule has 1 aliphatic rings. The van der Waals surface area contributed by atoms with Gasteiger partial charge < -0.3 is 15.2 Å². The van der Waals surface area contributed by atoms with E-state index in [0.29, 0.717) is 47.6 Å². The van der Waals surface area contributed by atoms with E-state index in [0.717, 1.165) is 0 Å². The Morgan fingerprint density at radius 3 is 2.68 bits per heavy atom. The lowest BCUT2D eigenvalue weighted by molar-refractivity contribution is -0.113. The second-order valence-electron chi connectivity index (χ2n) is 8.50. The molecule has 1 amide bonds. The van der Waals surface area contributed by atoms with Gasteiger partial charge in [0.15, 0.2) is 4.80 Å². The van der Waals surface area contributed by atoms with Crippen molar-refractivity contribution in [2.45, 2.75) is 13.0 Å². The van der Waals surface area contributed by atoms with Gasteiger partial charge in [-0.15, -0.1) is 0 Å². The molecule has 10 heteroatoms. The number of rotatable bonds is 5. The lowest BCUT2D eigenvalue weighted by Gasteiger charge is -2.25. The molecule has 4 aromatic rings. The third kappa shape index (κ3) is 4.92. The Bertz CT molecular complexity index is 1780. The van der Waals surface area contributed by atoms with Crippen molar-refractivity contribution < 1.29 is 14.6 Å². The second kappa shape index (κ2) is 10.6. The Kier molecular flexibility index (Phi) is 7.25. The number of thiazole rings is 1. The Labute approximate surface area is 235 Å². The molecule has 0 saturated heterocycles. The van der Waals surface area contributed by atoms with Crippen LogP contribution < -0.4 is 24.9 Å². The molecule has 2 N–H and O–H groups in total. The first kappa shape index (κ1) is 26.0. The molecule has 0 fully saturated rings. The largest absolute Gasteiger partial charge is 0.506 e. The number of nitrogens with one attached hydrogen (secondary N) is 1. The Balaban J connectivity index is 1.71. The van der Waals surface area contributed by atoms with Crippen LogP contribution in [0.5, 0.6) is 11.5 Å². The number of anilines is 1. The maximum atomic E-state index is 13.8. The van der Waals surface area contributed by atoms with Crippen LogP contribution in [-0.2, 0) is 4.79 Å². The molecule has 1 aliphatic heterocycles. The number of aromatic hydroxyl groups is 1. The number of aromatic nitrogens is 1. The van der Waals surface area contributed by atoms with Gasteiger partial charge in [0, 0.05) is 15.7 Å². The first-order chi connectivity index (χ1) is 18.3. The normalized spacial score (nSPS) is 15.2. The van der Waals surface area contributed by atoms with E-state index in [4.69, 9.17) is 16.3 Å². The number of phenolic OH excluding ortho intramolecular Hbond substituents is 1. The van der Waals surface area contributed by atoms with E-state index in [1.807, 2.05) is 30.3 Å². The summed E-state index contributed by atoms with van der Waals surface area (Å²) in [6.07, 6.45) is 1.57. The molecule has 1 atom stereocenters. The number of hydrogen-bond donors (Lipinski definition) is 2. The van der Waals surface area contributed by atoms with Crippen molar-refractivity contribution in [3.05, 3.63) is 118 Å². The van der Waals surface area contributed by atoms with Crippen molar-refractivity contribution >= 4 is 56.5 Å². The van der Waals surface area contributed by atoms with Gasteiger partial charge in [-0.2, -0.15) is 0 Å². The van der Waals surface area contributed by atoms with Crippen LogP contribution in [0.2, 0.25) is 5.02 Å². The predicted molar refractivity (Wildman–Crippen MR) is 153 cm³/mol. The van der Waals surface area contributed by atoms with Crippen LogP contribution in [0, 0.1) is 0 Å². The number of carbonyl (C=O) groups excluding carboxylic acids is 1. The molecule has 0 aliphatic carbocycles. The molecule has 0 radical (unpaired) electrons. The van der Waals surface area contributed by atoms with Gasteiger partial charge in [0.25, 0.3) is 11.5 Å². The highest BCUT2D eigenvalue weighted by Crippen LogP contribution is 2.33. The molecule has 38 heavy (non-hydrogen) atoms. The van der Waals surface area contributed by atoms with Gasteiger partial charge in [0.1, 0.15) is 11.5 Å². The minimum atomic E-state index is -0.757. The van der Waals surface area contributed by atoms with Crippen LogP contribution in [0.25, 0.3) is 6.08 Å². The van der Waals surface area contributed by atoms with Crippen LogP contribution in [0.3, 0.4) is 0 Å². The number of allylic oxidation sites excluding steroid dienone is 1. The third-order valence-electron chi connectivity index (χ3n) is 6.05. The minimum Gasteiger partial charge on any atom is -0.506 e. The standard InChI is InChI=1S/C28H21BrClN3O4S/c1-15-23(26(35)32-19-8-4-3-5-9-19)24(16-7-6-10-20(12-16)37-2)33-27(36)22(38-28(33)31-15)13-17-11-18(29)14-21(30)25(17)34/h3-14,24,34H,1-2H3,(H,32,35)/b22-13-/t24-/m1/s1. The SMILES string of the molecule is COc1cccc([C@@H]2C(C(=O)Nc3ccccc3)=C(C)N=c3s/c(=C\c4cc(Br)cc(Cl)c4O)c(=O)n32)c1. The number of para-hydroxylation sites is 1. The van der Waals surface area contributed by atoms with E-state index in [9.17, 15) is 14.7 Å². The zero-order chi connectivity index (χ0) is 27.0. The smallest absolute Gasteiger partial charge is 0.271 e. The number of phenols is 1. The lowest BCUT2D eigenvalue weighted by Crippen LogP contribution is -2.40. The summed E-state index contributed by atoms with van der Waals surface area (Å²) in [6, 6.07) is 18.8. The van der Waals surface area contributed by atoms with Gasteiger partial charge in [-0.1, -0.05) is 69.2 Å². The fourth-order valence-electron chi connectivity index (χ4n) is 4.30. The summed E-state index contributed by atoms with van der Waals surface area (Å²) in [6.45, 7) is 1.75. The fourth-order valence-corrected chi connectivity index (χ4v) is 6.17. The topological polar surface area (TPSA) is 92.9 Å². The first-order valence-corrected chi connectivity index (χ1v) is 13.5. The van der Waals surface area contributed by atoms with Gasteiger partial charge in [-0.05, 0) is 55.0 Å². The quantitative estimate of drug-likeness (QED) is 0.333. The van der Waals surface area contributed by atoms with Gasteiger partial charge in [0.2, 0.25) is 0 Å². The van der Waals surface area contributed by atoms with Gasteiger partial charge in [-0.3, -0.25) is 14.2 Å². The maximum absolute atomic E-state index is 13.8. The molecule has 1 aromatic heterocycles. The highest BCUT2D eigenvalue weighted by Gasteiger charge is 2.32. The molecule has 5 rings (SSSR count). The molecule has 192 valence electrons. The van der Waals surface area contributed by atoms with Crippen LogP contribution in [-0.4, -0.2) is 22.7 Å². The summed E-state index contributed by atoms with van der Waals surface area (Å²) < 4.78 is 7.92. The summed E-state index contributed by atoms with van der Waals surface area (Å²) in [5.74, 6) is 0.0934. The molecule has 0 saturated carbocycles. The van der Waals surface area contributed by atoms with E-state index in [-0.39, 0.29) is 22.2 Å². The molecule has 2 heterocycles. The van der Waals surface area contributed by atoms with Crippen LogP contribution >= 0.6 is 38.9 Å². The maximum Gasteiger partial charge on any atom is 0.271 e. The molecule has 7 nitrogen and oxygen atoms in total. The van der Waals surface area contributed by atoms with E-state index < -0.39 is 6.04 Å². The van der Waals surface area contributed by atoms with Crippen molar-refractivity contribution in [1.82, 2.24) is 4.57 Å². The number of fused-ring (bicyclic) bond motifs is 1. The Morgan fingerprint density at radius 2 is 1.95 bits per heavy atom. The zero-order valence-electron chi connectivity index (χ0n) is 20.2. The minimum absolute atomic E-state index is 0.135. The molecule has 0 bridgehead atoms. The zero-order valence-corrected chi connectivity index (χ0v) is 23.4. The second-order valence-corrected chi connectivity index (χ2v) is 10.8. The number of ether oxygens (including phenoxy) is 1. The average Bonchev–Trinajstić information content (AvgIpc) is 3.20. The van der Waals surface area contributed by atoms with E-state index in [2.05, 4.69) is 26.2 Å². The highest BCUT2D eigenvalue weighted by molar-refractivity contribution is 9.10. The van der Waals surface area contributed by atoms with Crippen molar-refractivity contribution in [1.29, 1.82) is 0 Å². The average molecular weight is 611 g/mol. The first-order valence-electron chi connectivity index (χ1n) is 11.5. The molecular weight excluding hydrogens is 590 g/mol. The number of benzene rings is 3. The predicted octanol–water partition coefficient (Wildman–Crippen LogP) is 5.00. The van der Waals surface area contributed by atoms with E-state index in [1.54, 1.807) is 56.5 Å². The fraction of sp³-hybridized carbons (Fsp3) is 0.107. The molecule has 3 aromatic carbocycles. The van der Waals surface area contributed by atoms with Crippen molar-refractivity contribution in [3.63, 3.8) is 0 Å². The Hall–Kier alpha value is -3.66. The molecular formula is C28H21BrClN3O4S. The number of nitrogens with zero attached hydrogens (tertiary/aromatic N) is 2. The summed E-state index contributed by atoms with van der Waals surface area (Å²) in [7, 11) is 1.56. The van der Waals surface area contributed by atoms with Gasteiger partial charge >= 0.3 is 0 Å². The number of halogens is 2. The van der Waals surface area contributed by atoms with Crippen LogP contribution in [0.15, 0.2) is 92.3 Å².